The summed E-state index contributed by atoms with van der Waals surface area (Å²) in [6, 6.07) is 2.64. The number of rotatable bonds is 7. The first-order valence-electron chi connectivity index (χ1n) is 10.8. The number of hydrogen-bond donors (Lipinski definition) is 2. The number of fused-ring (bicyclic) bond motifs is 2. The van der Waals surface area contributed by atoms with Crippen LogP contribution in [0.4, 0.5) is 0 Å². The first-order chi connectivity index (χ1) is 16.6. The highest BCUT2D eigenvalue weighted by Crippen LogP contribution is 2.51. The summed E-state index contributed by atoms with van der Waals surface area (Å²) in [5.41, 5.74) is 0.588. The van der Waals surface area contributed by atoms with Crippen molar-refractivity contribution in [3.05, 3.63) is 58.9 Å². The van der Waals surface area contributed by atoms with Crippen molar-refractivity contribution in [1.82, 2.24) is 14.3 Å². The number of thiazole rings is 1. The van der Waals surface area contributed by atoms with Gasteiger partial charge in [-0.15, -0.1) is 11.3 Å². The summed E-state index contributed by atoms with van der Waals surface area (Å²) < 4.78 is 2.98. The molecule has 2 aliphatic heterocycles. The van der Waals surface area contributed by atoms with Gasteiger partial charge in [-0.3, -0.25) is 14.0 Å². The first kappa shape index (κ1) is 22.9. The molecule has 12 heteroatoms. The highest BCUT2D eigenvalue weighted by atomic mass is 32.1. The number of carbonyl (C=O) groups excluding carboxylic acids is 3. The maximum Gasteiger partial charge on any atom is 0.370 e. The number of nitrogens with zero attached hydrogens (tertiary/aromatic N) is 4. The number of ketones is 1. The van der Waals surface area contributed by atoms with Crippen LogP contribution in [-0.4, -0.2) is 60.3 Å². The van der Waals surface area contributed by atoms with E-state index in [9.17, 15) is 29.4 Å². The van der Waals surface area contributed by atoms with Crippen molar-refractivity contribution in [3.63, 3.8) is 0 Å². The molecular formula is C23H20N4O7S. The molecule has 4 atom stereocenters. The summed E-state index contributed by atoms with van der Waals surface area (Å²) in [7, 11) is 0. The largest absolute Gasteiger partial charge is 0.543 e. The average Bonchev–Trinajstić information content (AvgIpc) is 3.42. The van der Waals surface area contributed by atoms with Gasteiger partial charge in [-0.2, -0.15) is 4.57 Å². The van der Waals surface area contributed by atoms with E-state index in [-0.39, 0.29) is 29.4 Å². The molecule has 3 aromatic heterocycles. The normalized spacial score (nSPS) is 22.3. The fourth-order valence-corrected chi connectivity index (χ4v) is 6.23. The molecule has 1 saturated heterocycles. The minimum atomic E-state index is -1.48. The standard InChI is InChI=1S/C23H20N4O7S/c1-10-15(19(23(33)34)27-18(10)16(11(2)28)21(27)32)13-7-26-9-24-17(22(26)35-13)20(31)12-4-3-5-25(6-12)8-14(29)30/h3-7,9-11,16,18,28H,8H2,1-2H3,(H-,29,30,33,34)/t10-,11+,16+,18+/m0/s1. The molecule has 0 aromatic carbocycles. The number of hydrogen-bond acceptors (Lipinski definition) is 8. The van der Waals surface area contributed by atoms with Crippen LogP contribution < -0.4 is 9.67 Å². The van der Waals surface area contributed by atoms with Gasteiger partial charge < -0.3 is 25.0 Å². The molecular weight excluding hydrogens is 476 g/mol. The summed E-state index contributed by atoms with van der Waals surface area (Å²) in [6.45, 7) is 3.01. The lowest BCUT2D eigenvalue weighted by Gasteiger charge is -2.47. The molecule has 35 heavy (non-hydrogen) atoms. The number of amides is 1. The van der Waals surface area contributed by atoms with Gasteiger partial charge in [0.05, 0.1) is 40.2 Å². The fraction of sp³-hybridized carbons (Fsp3) is 0.304. The maximum absolute atomic E-state index is 13.2. The third kappa shape index (κ3) is 3.44. The Labute approximate surface area is 202 Å². The van der Waals surface area contributed by atoms with Crippen molar-refractivity contribution in [2.45, 2.75) is 32.5 Å². The molecule has 1 amide bonds. The molecule has 0 aliphatic carbocycles. The molecule has 0 spiro atoms. The Bertz CT molecular complexity index is 1450. The smallest absolute Gasteiger partial charge is 0.370 e. The molecule has 11 nitrogen and oxygen atoms in total. The van der Waals surface area contributed by atoms with E-state index < -0.39 is 41.7 Å². The van der Waals surface area contributed by atoms with Crippen molar-refractivity contribution in [1.29, 1.82) is 0 Å². The van der Waals surface area contributed by atoms with Crippen LogP contribution in [0.5, 0.6) is 0 Å². The molecule has 5 heterocycles. The Hall–Kier alpha value is -3.90. The Kier molecular flexibility index (Phi) is 5.29. The number of aromatic nitrogens is 3. The van der Waals surface area contributed by atoms with Crippen LogP contribution in [0, 0.1) is 11.8 Å². The lowest BCUT2D eigenvalue weighted by Crippen LogP contribution is -2.64. The van der Waals surface area contributed by atoms with Gasteiger partial charge >= 0.3 is 5.97 Å². The zero-order chi connectivity index (χ0) is 25.2. The molecule has 5 rings (SSSR count). The zero-order valence-corrected chi connectivity index (χ0v) is 19.4. The highest BCUT2D eigenvalue weighted by molar-refractivity contribution is 7.18. The number of imidazole rings is 1. The Morgan fingerprint density at radius 2 is 2.09 bits per heavy atom. The van der Waals surface area contributed by atoms with Crippen LogP contribution in [0.15, 0.2) is 42.7 Å². The average molecular weight is 497 g/mol. The minimum absolute atomic E-state index is 0.136. The first-order valence-corrected chi connectivity index (χ1v) is 11.6. The van der Waals surface area contributed by atoms with Crippen LogP contribution in [0.2, 0.25) is 0 Å². The minimum Gasteiger partial charge on any atom is -0.543 e. The Balaban J connectivity index is 1.54. The van der Waals surface area contributed by atoms with Gasteiger partial charge in [0.15, 0.2) is 12.4 Å². The second-order valence-electron chi connectivity index (χ2n) is 8.69. The number of carboxylic acid groups (broad SMARTS) is 2. The third-order valence-corrected chi connectivity index (χ3v) is 7.64. The molecule has 3 aromatic rings. The van der Waals surface area contributed by atoms with Crippen molar-refractivity contribution in [2.24, 2.45) is 11.8 Å². The predicted octanol–water partition coefficient (Wildman–Crippen LogP) is -0.683. The number of β-lactam (4-membered cyclic amide) rings is 1. The van der Waals surface area contributed by atoms with E-state index in [1.54, 1.807) is 29.7 Å². The summed E-state index contributed by atoms with van der Waals surface area (Å²) in [6.07, 6.45) is 5.14. The number of pyridine rings is 1. The number of carbonyl (C=O) groups is 4. The van der Waals surface area contributed by atoms with E-state index in [4.69, 9.17) is 5.11 Å². The molecule has 0 radical (unpaired) electrons. The van der Waals surface area contributed by atoms with Gasteiger partial charge in [0, 0.05) is 23.8 Å². The molecule has 0 unspecified atom stereocenters. The van der Waals surface area contributed by atoms with Crippen molar-refractivity contribution in [2.75, 3.05) is 0 Å². The van der Waals surface area contributed by atoms with Gasteiger partial charge in [0.1, 0.15) is 16.9 Å². The van der Waals surface area contributed by atoms with Gasteiger partial charge in [0.2, 0.25) is 18.2 Å². The second-order valence-corrected chi connectivity index (χ2v) is 9.72. The van der Waals surface area contributed by atoms with E-state index in [1.165, 1.54) is 35.1 Å². The van der Waals surface area contributed by atoms with Gasteiger partial charge in [-0.1, -0.05) is 6.92 Å². The number of aliphatic hydroxyl groups excluding tert-OH is 1. The molecule has 1 fully saturated rings. The quantitative estimate of drug-likeness (QED) is 0.248. The van der Waals surface area contributed by atoms with E-state index >= 15 is 0 Å². The Morgan fingerprint density at radius 1 is 1.34 bits per heavy atom. The molecule has 2 aliphatic rings. The van der Waals surface area contributed by atoms with Crippen molar-refractivity contribution in [3.8, 4) is 0 Å². The lowest BCUT2D eigenvalue weighted by molar-refractivity contribution is -0.685. The number of aliphatic hydroxyl groups is 1. The van der Waals surface area contributed by atoms with Crippen LogP contribution in [0.25, 0.3) is 10.4 Å². The molecule has 2 N–H and O–H groups in total. The SMILES string of the molecule is C[C@@H](O)[C@H]1C(=O)N2C(C(=O)[O-])=C(c3cn4cnc(C(=O)c5ccc[n+](CC(=O)O)c5)c4s3)[C@H](C)[C@H]12. The van der Waals surface area contributed by atoms with Gasteiger partial charge in [-0.05, 0) is 13.0 Å². The van der Waals surface area contributed by atoms with Crippen molar-refractivity contribution >= 4 is 45.4 Å². The maximum atomic E-state index is 13.2. The van der Waals surface area contributed by atoms with E-state index in [2.05, 4.69) is 4.98 Å². The van der Waals surface area contributed by atoms with Crippen molar-refractivity contribution < 1.29 is 39.1 Å². The second kappa shape index (κ2) is 8.10. The van der Waals surface area contributed by atoms with Gasteiger partial charge in [-0.25, -0.2) is 9.78 Å². The topological polar surface area (TPSA) is 156 Å². The summed E-state index contributed by atoms with van der Waals surface area (Å²) in [5.74, 6) is -4.47. The predicted molar refractivity (Wildman–Crippen MR) is 118 cm³/mol. The van der Waals surface area contributed by atoms with Crippen LogP contribution >= 0.6 is 11.3 Å². The summed E-state index contributed by atoms with van der Waals surface area (Å²) in [4.78, 5) is 55.2. The zero-order valence-electron chi connectivity index (χ0n) is 18.6. The lowest BCUT2D eigenvalue weighted by atomic mass is 9.77. The molecule has 0 bridgehead atoms. The highest BCUT2D eigenvalue weighted by Gasteiger charge is 2.58. The molecule has 180 valence electrons. The summed E-state index contributed by atoms with van der Waals surface area (Å²) >= 11 is 1.16. The molecule has 0 saturated carbocycles. The third-order valence-electron chi connectivity index (χ3n) is 6.50. The Morgan fingerprint density at radius 3 is 2.74 bits per heavy atom. The van der Waals surface area contributed by atoms with E-state index in [1.807, 2.05) is 0 Å². The number of aliphatic carboxylic acids is 2. The summed E-state index contributed by atoms with van der Waals surface area (Å²) in [5, 5.41) is 31.1. The monoisotopic (exact) mass is 496 g/mol. The van der Waals surface area contributed by atoms with Crippen LogP contribution in [-0.2, 0) is 20.9 Å². The number of carboxylic acids is 2. The van der Waals surface area contributed by atoms with E-state index in [0.717, 1.165) is 11.3 Å². The van der Waals surface area contributed by atoms with E-state index in [0.29, 0.717) is 15.3 Å². The fourth-order valence-electron chi connectivity index (χ4n) is 5.01. The van der Waals surface area contributed by atoms with Gasteiger partial charge in [0.25, 0.3) is 0 Å². The van der Waals surface area contributed by atoms with Crippen LogP contribution in [0.1, 0.15) is 34.8 Å². The van der Waals surface area contributed by atoms with Crippen LogP contribution in [0.3, 0.4) is 0 Å².